The Labute approximate surface area is 123 Å². The molecule has 98 valence electrons. The molecule has 1 N–H and O–H groups in total. The molecule has 0 spiro atoms. The minimum absolute atomic E-state index is 0.504. The van der Waals surface area contributed by atoms with Gasteiger partial charge in [0.1, 0.15) is 0 Å². The number of fused-ring (bicyclic) bond motifs is 1. The standard InChI is InChI=1S/C16H15Cl2N/c17-14-4-1-11(2-5-14)10-19-16-8-12-3-6-15(18)7-13(12)9-16/h1-7,16,19H,8-10H2. The summed E-state index contributed by atoms with van der Waals surface area (Å²) in [5.41, 5.74) is 4.05. The van der Waals surface area contributed by atoms with E-state index in [1.807, 2.05) is 18.2 Å². The maximum Gasteiger partial charge on any atom is 0.0408 e. The SMILES string of the molecule is Clc1ccc(CNC2Cc3ccc(Cl)cc3C2)cc1. The van der Waals surface area contributed by atoms with Crippen molar-refractivity contribution >= 4 is 23.2 Å². The summed E-state index contributed by atoms with van der Waals surface area (Å²) in [6, 6.07) is 14.7. The zero-order valence-electron chi connectivity index (χ0n) is 10.5. The van der Waals surface area contributed by atoms with Crippen molar-refractivity contribution in [3.05, 3.63) is 69.2 Å². The van der Waals surface area contributed by atoms with E-state index >= 15 is 0 Å². The van der Waals surface area contributed by atoms with Crippen molar-refractivity contribution in [3.8, 4) is 0 Å². The van der Waals surface area contributed by atoms with Gasteiger partial charge < -0.3 is 5.32 Å². The number of nitrogens with one attached hydrogen (secondary N) is 1. The second kappa shape index (κ2) is 5.54. The first kappa shape index (κ1) is 13.0. The first-order valence-electron chi connectivity index (χ1n) is 6.46. The Morgan fingerprint density at radius 1 is 0.895 bits per heavy atom. The van der Waals surface area contributed by atoms with Gasteiger partial charge in [-0.1, -0.05) is 41.4 Å². The second-order valence-corrected chi connectivity index (χ2v) is 5.90. The second-order valence-electron chi connectivity index (χ2n) is 5.03. The molecule has 2 aromatic rings. The molecule has 0 aromatic heterocycles. The van der Waals surface area contributed by atoms with Gasteiger partial charge in [0.2, 0.25) is 0 Å². The number of rotatable bonds is 3. The van der Waals surface area contributed by atoms with E-state index in [1.54, 1.807) is 0 Å². The minimum Gasteiger partial charge on any atom is -0.309 e. The molecule has 1 unspecified atom stereocenters. The van der Waals surface area contributed by atoms with E-state index in [4.69, 9.17) is 23.2 Å². The molecule has 0 fully saturated rings. The predicted octanol–water partition coefficient (Wildman–Crippen LogP) is 4.25. The van der Waals surface area contributed by atoms with Gasteiger partial charge in [0.05, 0.1) is 0 Å². The minimum atomic E-state index is 0.504. The lowest BCUT2D eigenvalue weighted by atomic mass is 10.1. The summed E-state index contributed by atoms with van der Waals surface area (Å²) in [4.78, 5) is 0. The smallest absolute Gasteiger partial charge is 0.0408 e. The van der Waals surface area contributed by atoms with Gasteiger partial charge >= 0.3 is 0 Å². The van der Waals surface area contributed by atoms with E-state index in [9.17, 15) is 0 Å². The molecule has 1 atom stereocenters. The summed E-state index contributed by atoms with van der Waals surface area (Å²) in [6.45, 7) is 0.879. The summed E-state index contributed by atoms with van der Waals surface area (Å²) in [5, 5.41) is 5.21. The Hall–Kier alpha value is -1.02. The van der Waals surface area contributed by atoms with Crippen molar-refractivity contribution < 1.29 is 0 Å². The fraction of sp³-hybridized carbons (Fsp3) is 0.250. The molecule has 1 aliphatic rings. The van der Waals surface area contributed by atoms with E-state index in [2.05, 4.69) is 29.6 Å². The third-order valence-corrected chi connectivity index (χ3v) is 4.10. The Kier molecular flexibility index (Phi) is 3.79. The lowest BCUT2D eigenvalue weighted by Gasteiger charge is -2.11. The summed E-state index contributed by atoms with van der Waals surface area (Å²) >= 11 is 11.9. The van der Waals surface area contributed by atoms with Gasteiger partial charge in [-0.15, -0.1) is 0 Å². The first-order chi connectivity index (χ1) is 9.20. The molecule has 0 bridgehead atoms. The van der Waals surface area contributed by atoms with Crippen LogP contribution < -0.4 is 5.32 Å². The maximum absolute atomic E-state index is 6.03. The van der Waals surface area contributed by atoms with E-state index in [0.717, 1.165) is 29.4 Å². The molecule has 1 aliphatic carbocycles. The highest BCUT2D eigenvalue weighted by Gasteiger charge is 2.20. The molecule has 3 rings (SSSR count). The molecule has 0 saturated heterocycles. The van der Waals surface area contributed by atoms with Crippen LogP contribution in [0.3, 0.4) is 0 Å². The average Bonchev–Trinajstić information content (AvgIpc) is 2.80. The summed E-state index contributed by atoms with van der Waals surface area (Å²) in [7, 11) is 0. The van der Waals surface area contributed by atoms with Crippen LogP contribution in [0.4, 0.5) is 0 Å². The monoisotopic (exact) mass is 291 g/mol. The average molecular weight is 292 g/mol. The lowest BCUT2D eigenvalue weighted by Crippen LogP contribution is -2.28. The van der Waals surface area contributed by atoms with Crippen molar-refractivity contribution in [2.24, 2.45) is 0 Å². The van der Waals surface area contributed by atoms with Gasteiger partial charge in [-0.3, -0.25) is 0 Å². The van der Waals surface area contributed by atoms with Gasteiger partial charge in [-0.05, 0) is 53.8 Å². The van der Waals surface area contributed by atoms with Crippen molar-refractivity contribution in [3.63, 3.8) is 0 Å². The van der Waals surface area contributed by atoms with Gasteiger partial charge in [-0.2, -0.15) is 0 Å². The Morgan fingerprint density at radius 3 is 2.37 bits per heavy atom. The highest BCUT2D eigenvalue weighted by Crippen LogP contribution is 2.25. The van der Waals surface area contributed by atoms with E-state index < -0.39 is 0 Å². The highest BCUT2D eigenvalue weighted by atomic mass is 35.5. The summed E-state index contributed by atoms with van der Waals surface area (Å²) in [5.74, 6) is 0. The molecular formula is C16H15Cl2N. The Bertz CT molecular complexity index is 578. The molecule has 0 heterocycles. The normalized spacial score (nSPS) is 17.5. The van der Waals surface area contributed by atoms with Crippen LogP contribution in [0.25, 0.3) is 0 Å². The van der Waals surface area contributed by atoms with Gasteiger partial charge in [0.15, 0.2) is 0 Å². The van der Waals surface area contributed by atoms with Crippen LogP contribution in [0.2, 0.25) is 10.0 Å². The zero-order chi connectivity index (χ0) is 13.2. The van der Waals surface area contributed by atoms with E-state index in [-0.39, 0.29) is 0 Å². The Balaban J connectivity index is 1.60. The lowest BCUT2D eigenvalue weighted by molar-refractivity contribution is 0.533. The van der Waals surface area contributed by atoms with Gasteiger partial charge in [0.25, 0.3) is 0 Å². The molecule has 3 heteroatoms. The van der Waals surface area contributed by atoms with Crippen LogP contribution in [-0.4, -0.2) is 6.04 Å². The van der Waals surface area contributed by atoms with E-state index in [1.165, 1.54) is 16.7 Å². The first-order valence-corrected chi connectivity index (χ1v) is 7.21. The fourth-order valence-electron chi connectivity index (χ4n) is 2.60. The number of hydrogen-bond acceptors (Lipinski definition) is 1. The van der Waals surface area contributed by atoms with Gasteiger partial charge in [0, 0.05) is 22.6 Å². The summed E-state index contributed by atoms with van der Waals surface area (Å²) in [6.07, 6.45) is 2.14. The molecular weight excluding hydrogens is 277 g/mol. The molecule has 19 heavy (non-hydrogen) atoms. The van der Waals surface area contributed by atoms with E-state index in [0.29, 0.717) is 6.04 Å². The molecule has 0 radical (unpaired) electrons. The number of benzene rings is 2. The van der Waals surface area contributed by atoms with Crippen molar-refractivity contribution in [1.29, 1.82) is 0 Å². The van der Waals surface area contributed by atoms with Crippen molar-refractivity contribution in [2.75, 3.05) is 0 Å². The highest BCUT2D eigenvalue weighted by molar-refractivity contribution is 6.30. The molecule has 2 aromatic carbocycles. The van der Waals surface area contributed by atoms with Gasteiger partial charge in [-0.25, -0.2) is 0 Å². The summed E-state index contributed by atoms with van der Waals surface area (Å²) < 4.78 is 0. The third kappa shape index (κ3) is 3.11. The fourth-order valence-corrected chi connectivity index (χ4v) is 2.92. The Morgan fingerprint density at radius 2 is 1.58 bits per heavy atom. The number of hydrogen-bond donors (Lipinski definition) is 1. The largest absolute Gasteiger partial charge is 0.309 e. The predicted molar refractivity (Wildman–Crippen MR) is 80.9 cm³/mol. The van der Waals surface area contributed by atoms with Crippen LogP contribution in [-0.2, 0) is 19.4 Å². The van der Waals surface area contributed by atoms with Crippen molar-refractivity contribution in [2.45, 2.75) is 25.4 Å². The zero-order valence-corrected chi connectivity index (χ0v) is 12.0. The number of halogens is 2. The molecule has 0 amide bonds. The van der Waals surface area contributed by atoms with Crippen molar-refractivity contribution in [1.82, 2.24) is 5.32 Å². The molecule has 0 aliphatic heterocycles. The molecule has 0 saturated carbocycles. The third-order valence-electron chi connectivity index (χ3n) is 3.61. The molecule has 1 nitrogen and oxygen atoms in total. The van der Waals surface area contributed by atoms with Crippen LogP contribution in [0.5, 0.6) is 0 Å². The van der Waals surface area contributed by atoms with Crippen LogP contribution in [0.15, 0.2) is 42.5 Å². The van der Waals surface area contributed by atoms with Crippen LogP contribution in [0, 0.1) is 0 Å². The maximum atomic E-state index is 6.03. The van der Waals surface area contributed by atoms with Crippen LogP contribution >= 0.6 is 23.2 Å². The topological polar surface area (TPSA) is 12.0 Å². The quantitative estimate of drug-likeness (QED) is 0.891. The van der Waals surface area contributed by atoms with Crippen LogP contribution in [0.1, 0.15) is 16.7 Å².